The van der Waals surface area contributed by atoms with Crippen molar-refractivity contribution < 1.29 is 14.3 Å². The first-order chi connectivity index (χ1) is 8.65. The second-order valence-electron chi connectivity index (χ2n) is 4.54. The van der Waals surface area contributed by atoms with Crippen LogP contribution in [0, 0.1) is 6.92 Å². The number of carbonyl (C=O) groups excluding carboxylic acids is 1. The lowest BCUT2D eigenvalue weighted by Gasteiger charge is -2.22. The molecule has 1 aliphatic heterocycles. The lowest BCUT2D eigenvalue weighted by atomic mass is 10.2. The number of methoxy groups -OCH3 is 2. The smallest absolute Gasteiger partial charge is 0.272 e. The molecule has 0 unspecified atom stereocenters. The van der Waals surface area contributed by atoms with Crippen LogP contribution in [0.15, 0.2) is 6.20 Å². The van der Waals surface area contributed by atoms with Crippen molar-refractivity contribution in [2.45, 2.75) is 25.5 Å². The molecule has 100 valence electrons. The Balaban J connectivity index is 2.12. The Labute approximate surface area is 106 Å². The molecule has 2 heterocycles. The zero-order valence-electron chi connectivity index (χ0n) is 11.0. The number of H-pyrrole nitrogens is 1. The number of imidazole rings is 1. The number of amides is 1. The maximum absolute atomic E-state index is 12.4. The van der Waals surface area contributed by atoms with Gasteiger partial charge in [0, 0.05) is 20.8 Å². The second kappa shape index (κ2) is 5.49. The fourth-order valence-corrected chi connectivity index (χ4v) is 2.33. The van der Waals surface area contributed by atoms with Crippen molar-refractivity contribution in [3.63, 3.8) is 0 Å². The summed E-state index contributed by atoms with van der Waals surface area (Å²) in [5, 5.41) is 0. The van der Waals surface area contributed by atoms with Crippen LogP contribution in [0.3, 0.4) is 0 Å². The molecular weight excluding hydrogens is 234 g/mol. The molecule has 2 atom stereocenters. The number of nitrogens with zero attached hydrogens (tertiary/aromatic N) is 2. The van der Waals surface area contributed by atoms with Gasteiger partial charge in [-0.2, -0.15) is 0 Å². The summed E-state index contributed by atoms with van der Waals surface area (Å²) in [4.78, 5) is 21.2. The Hall–Kier alpha value is -1.40. The van der Waals surface area contributed by atoms with Gasteiger partial charge in [-0.05, 0) is 13.3 Å². The van der Waals surface area contributed by atoms with E-state index in [-0.39, 0.29) is 18.1 Å². The van der Waals surface area contributed by atoms with E-state index in [0.29, 0.717) is 18.8 Å². The maximum Gasteiger partial charge on any atom is 0.272 e. The van der Waals surface area contributed by atoms with Crippen LogP contribution >= 0.6 is 0 Å². The van der Waals surface area contributed by atoms with E-state index in [2.05, 4.69) is 9.97 Å². The van der Waals surface area contributed by atoms with Gasteiger partial charge in [-0.25, -0.2) is 4.98 Å². The lowest BCUT2D eigenvalue weighted by molar-refractivity contribution is 0.0607. The fraction of sp³-hybridized carbons (Fsp3) is 0.667. The van der Waals surface area contributed by atoms with E-state index in [9.17, 15) is 4.79 Å². The molecule has 1 aliphatic rings. The molecule has 1 N–H and O–H groups in total. The zero-order chi connectivity index (χ0) is 13.1. The van der Waals surface area contributed by atoms with Crippen molar-refractivity contribution in [1.29, 1.82) is 0 Å². The number of hydrogen-bond donors (Lipinski definition) is 1. The molecule has 0 aromatic carbocycles. The zero-order valence-corrected chi connectivity index (χ0v) is 11.0. The molecule has 1 amide bonds. The molecule has 0 spiro atoms. The molecule has 0 saturated carbocycles. The van der Waals surface area contributed by atoms with Crippen LogP contribution < -0.4 is 0 Å². The van der Waals surface area contributed by atoms with E-state index in [4.69, 9.17) is 9.47 Å². The largest absolute Gasteiger partial charge is 0.383 e. The standard InChI is InChI=1S/C12H19N3O3/c1-8-13-5-11(14-8)12(16)15-6-10(18-3)4-9(15)7-17-2/h5,9-10H,4,6-7H2,1-3H3,(H,13,14)/t9-,10+/m0/s1. The molecule has 1 fully saturated rings. The van der Waals surface area contributed by atoms with E-state index in [1.807, 2.05) is 6.92 Å². The van der Waals surface area contributed by atoms with E-state index >= 15 is 0 Å². The van der Waals surface area contributed by atoms with E-state index in [1.165, 1.54) is 0 Å². The van der Waals surface area contributed by atoms with Gasteiger partial charge in [0.05, 0.1) is 24.9 Å². The van der Waals surface area contributed by atoms with Gasteiger partial charge in [0.25, 0.3) is 5.91 Å². The Morgan fingerprint density at radius 1 is 1.61 bits per heavy atom. The minimum absolute atomic E-state index is 0.0443. The van der Waals surface area contributed by atoms with E-state index in [0.717, 1.165) is 12.2 Å². The first-order valence-electron chi connectivity index (χ1n) is 6.00. The van der Waals surface area contributed by atoms with Crippen LogP contribution in [0.2, 0.25) is 0 Å². The third-order valence-electron chi connectivity index (χ3n) is 3.26. The van der Waals surface area contributed by atoms with Gasteiger partial charge >= 0.3 is 0 Å². The molecule has 1 aromatic rings. The summed E-state index contributed by atoms with van der Waals surface area (Å²) in [6, 6.07) is 0.0658. The van der Waals surface area contributed by atoms with Crippen molar-refractivity contribution in [1.82, 2.24) is 14.9 Å². The van der Waals surface area contributed by atoms with Gasteiger partial charge in [0.1, 0.15) is 11.5 Å². The van der Waals surface area contributed by atoms with E-state index in [1.54, 1.807) is 25.3 Å². The Kier molecular flexibility index (Phi) is 3.98. The highest BCUT2D eigenvalue weighted by molar-refractivity contribution is 5.92. The van der Waals surface area contributed by atoms with Gasteiger partial charge in [0.2, 0.25) is 0 Å². The van der Waals surface area contributed by atoms with Crippen molar-refractivity contribution in [3.05, 3.63) is 17.7 Å². The van der Waals surface area contributed by atoms with Crippen LogP contribution in [-0.4, -0.2) is 60.3 Å². The number of aromatic amines is 1. The minimum Gasteiger partial charge on any atom is -0.383 e. The van der Waals surface area contributed by atoms with Crippen molar-refractivity contribution in [2.24, 2.45) is 0 Å². The highest BCUT2D eigenvalue weighted by Crippen LogP contribution is 2.22. The van der Waals surface area contributed by atoms with Gasteiger partial charge in [-0.3, -0.25) is 4.79 Å². The van der Waals surface area contributed by atoms with Crippen molar-refractivity contribution >= 4 is 5.91 Å². The lowest BCUT2D eigenvalue weighted by Crippen LogP contribution is -2.38. The topological polar surface area (TPSA) is 67.5 Å². The molecule has 1 aromatic heterocycles. The number of nitrogens with one attached hydrogen (secondary N) is 1. The normalized spacial score (nSPS) is 23.6. The number of hydrogen-bond acceptors (Lipinski definition) is 4. The van der Waals surface area contributed by atoms with Crippen LogP contribution in [0.1, 0.15) is 22.7 Å². The number of carbonyl (C=O) groups is 1. The van der Waals surface area contributed by atoms with E-state index < -0.39 is 0 Å². The van der Waals surface area contributed by atoms with Crippen LogP contribution in [0.4, 0.5) is 0 Å². The molecule has 6 heteroatoms. The van der Waals surface area contributed by atoms with Crippen LogP contribution in [0.25, 0.3) is 0 Å². The first-order valence-corrected chi connectivity index (χ1v) is 6.00. The van der Waals surface area contributed by atoms with Gasteiger partial charge < -0.3 is 19.4 Å². The molecule has 0 aliphatic carbocycles. The minimum atomic E-state index is -0.0443. The predicted octanol–water partition coefficient (Wildman–Crippen LogP) is 0.594. The second-order valence-corrected chi connectivity index (χ2v) is 4.54. The predicted molar refractivity (Wildman–Crippen MR) is 65.4 cm³/mol. The summed E-state index contributed by atoms with van der Waals surface area (Å²) in [6.07, 6.45) is 2.46. The SMILES string of the molecule is COC[C@@H]1C[C@@H](OC)CN1C(=O)c1cnc(C)[nH]1. The number of aryl methyl sites for hydroxylation is 1. The Bertz CT molecular complexity index is 418. The molecule has 6 nitrogen and oxygen atoms in total. The molecule has 18 heavy (non-hydrogen) atoms. The monoisotopic (exact) mass is 253 g/mol. The molecule has 0 radical (unpaired) electrons. The number of aromatic nitrogens is 2. The highest BCUT2D eigenvalue weighted by Gasteiger charge is 2.36. The summed E-state index contributed by atoms with van der Waals surface area (Å²) in [5.74, 6) is 0.696. The molecular formula is C12H19N3O3. The summed E-state index contributed by atoms with van der Waals surface area (Å²) in [6.45, 7) is 2.95. The van der Waals surface area contributed by atoms with Crippen LogP contribution in [-0.2, 0) is 9.47 Å². The highest BCUT2D eigenvalue weighted by atomic mass is 16.5. The summed E-state index contributed by atoms with van der Waals surface area (Å²) < 4.78 is 10.5. The third-order valence-corrected chi connectivity index (χ3v) is 3.26. The maximum atomic E-state index is 12.4. The number of rotatable bonds is 4. The van der Waals surface area contributed by atoms with Crippen molar-refractivity contribution in [2.75, 3.05) is 27.4 Å². The number of ether oxygens (including phenoxy) is 2. The van der Waals surface area contributed by atoms with Gasteiger partial charge in [-0.15, -0.1) is 0 Å². The average molecular weight is 253 g/mol. The van der Waals surface area contributed by atoms with Gasteiger partial charge in [-0.1, -0.05) is 0 Å². The molecule has 0 bridgehead atoms. The fourth-order valence-electron chi connectivity index (χ4n) is 2.33. The van der Waals surface area contributed by atoms with Crippen LogP contribution in [0.5, 0.6) is 0 Å². The summed E-state index contributed by atoms with van der Waals surface area (Å²) in [7, 11) is 3.31. The van der Waals surface area contributed by atoms with Crippen molar-refractivity contribution in [3.8, 4) is 0 Å². The quantitative estimate of drug-likeness (QED) is 0.853. The third kappa shape index (κ3) is 2.54. The summed E-state index contributed by atoms with van der Waals surface area (Å²) in [5.41, 5.74) is 0.519. The average Bonchev–Trinajstić information content (AvgIpc) is 2.95. The first kappa shape index (κ1) is 13.0. The van der Waals surface area contributed by atoms with Gasteiger partial charge in [0.15, 0.2) is 0 Å². The molecule has 2 rings (SSSR count). The Morgan fingerprint density at radius 2 is 2.39 bits per heavy atom. The number of likely N-dealkylation sites (tertiary alicyclic amines) is 1. The summed E-state index contributed by atoms with van der Waals surface area (Å²) >= 11 is 0. The Morgan fingerprint density at radius 3 is 2.94 bits per heavy atom. The molecule has 1 saturated heterocycles.